The Balaban J connectivity index is 2.61. The number of carbonyl (C=O) groups is 1. The van der Waals surface area contributed by atoms with Gasteiger partial charge in [-0.25, -0.2) is 0 Å². The highest BCUT2D eigenvalue weighted by molar-refractivity contribution is 5.96. The maximum atomic E-state index is 13.4. The van der Waals surface area contributed by atoms with Gasteiger partial charge in [-0.2, -0.15) is 4.39 Å². The van der Waals surface area contributed by atoms with Crippen LogP contribution < -0.4 is 5.32 Å². The summed E-state index contributed by atoms with van der Waals surface area (Å²) in [6, 6.07) is 1.91. The Morgan fingerprint density at radius 3 is 2.71 bits per heavy atom. The lowest BCUT2D eigenvalue weighted by atomic mass is 10.1. The highest BCUT2D eigenvalue weighted by Crippen LogP contribution is 2.21. The van der Waals surface area contributed by atoms with E-state index >= 15 is 0 Å². The number of ether oxygens (including phenoxy) is 2. The summed E-state index contributed by atoms with van der Waals surface area (Å²) < 4.78 is 23.3. The van der Waals surface area contributed by atoms with Gasteiger partial charge in [0.1, 0.15) is 0 Å². The molecular formula is C13H17FN2O5. The number of halogens is 1. The summed E-state index contributed by atoms with van der Waals surface area (Å²) >= 11 is 0. The van der Waals surface area contributed by atoms with Crippen LogP contribution in [0.2, 0.25) is 0 Å². The highest BCUT2D eigenvalue weighted by atomic mass is 19.1. The number of amides is 1. The molecule has 0 aromatic heterocycles. The summed E-state index contributed by atoms with van der Waals surface area (Å²) in [4.78, 5) is 21.7. The number of rotatable bonds is 8. The van der Waals surface area contributed by atoms with E-state index in [0.29, 0.717) is 18.8 Å². The molecule has 0 aliphatic carbocycles. The number of carbonyl (C=O) groups excluding carboxylic acids is 1. The molecule has 1 amide bonds. The lowest BCUT2D eigenvalue weighted by molar-refractivity contribution is -0.387. The Morgan fingerprint density at radius 1 is 1.38 bits per heavy atom. The molecule has 21 heavy (non-hydrogen) atoms. The first-order chi connectivity index (χ1) is 9.97. The number of hydrogen-bond acceptors (Lipinski definition) is 5. The first-order valence-corrected chi connectivity index (χ1v) is 6.26. The van der Waals surface area contributed by atoms with Crippen molar-refractivity contribution in [3.63, 3.8) is 0 Å². The van der Waals surface area contributed by atoms with E-state index in [9.17, 15) is 19.3 Å². The SMILES string of the molecule is COCCOCCNC(=O)c1cc([N+](=O)[O-])c(F)cc1C. The van der Waals surface area contributed by atoms with E-state index in [0.717, 1.165) is 12.1 Å². The minimum absolute atomic E-state index is 0.0694. The molecule has 0 spiro atoms. The molecule has 0 aliphatic heterocycles. The highest BCUT2D eigenvalue weighted by Gasteiger charge is 2.20. The van der Waals surface area contributed by atoms with Crippen molar-refractivity contribution in [1.82, 2.24) is 5.32 Å². The number of methoxy groups -OCH3 is 1. The third kappa shape index (κ3) is 5.09. The molecule has 1 aromatic carbocycles. The van der Waals surface area contributed by atoms with E-state index in [4.69, 9.17) is 9.47 Å². The first-order valence-electron chi connectivity index (χ1n) is 6.26. The Hall–Kier alpha value is -2.06. The lowest BCUT2D eigenvalue weighted by Gasteiger charge is -2.08. The van der Waals surface area contributed by atoms with Crippen LogP contribution >= 0.6 is 0 Å². The van der Waals surface area contributed by atoms with Crippen molar-refractivity contribution in [2.24, 2.45) is 0 Å². The maximum absolute atomic E-state index is 13.4. The largest absolute Gasteiger partial charge is 0.382 e. The van der Waals surface area contributed by atoms with Gasteiger partial charge in [-0.15, -0.1) is 0 Å². The zero-order valence-corrected chi connectivity index (χ0v) is 11.8. The number of benzene rings is 1. The zero-order valence-electron chi connectivity index (χ0n) is 11.8. The number of nitrogens with one attached hydrogen (secondary N) is 1. The van der Waals surface area contributed by atoms with Gasteiger partial charge >= 0.3 is 5.69 Å². The molecule has 1 rings (SSSR count). The number of nitrogens with zero attached hydrogens (tertiary/aromatic N) is 1. The molecule has 0 aliphatic rings. The topological polar surface area (TPSA) is 90.7 Å². The summed E-state index contributed by atoms with van der Waals surface area (Å²) in [6.07, 6.45) is 0. The molecule has 0 fully saturated rings. The standard InChI is InChI=1S/C13H17FN2O5/c1-9-7-11(14)12(16(18)19)8-10(9)13(17)15-3-4-21-6-5-20-2/h7-8H,3-6H2,1-2H3,(H,15,17). The number of hydrogen-bond donors (Lipinski definition) is 1. The summed E-state index contributed by atoms with van der Waals surface area (Å²) in [5.41, 5.74) is -0.321. The van der Waals surface area contributed by atoms with Gasteiger partial charge in [0.25, 0.3) is 5.91 Å². The quantitative estimate of drug-likeness (QED) is 0.445. The molecule has 1 aromatic rings. The Bertz CT molecular complexity index is 522. The van der Waals surface area contributed by atoms with Crippen LogP contribution in [0.15, 0.2) is 12.1 Å². The summed E-state index contributed by atoms with van der Waals surface area (Å²) in [6.45, 7) is 2.91. The van der Waals surface area contributed by atoms with Gasteiger partial charge in [-0.05, 0) is 18.6 Å². The molecule has 8 heteroatoms. The second-order valence-electron chi connectivity index (χ2n) is 4.24. The van der Waals surface area contributed by atoms with E-state index in [1.807, 2.05) is 0 Å². The first kappa shape index (κ1) is 17.0. The van der Waals surface area contributed by atoms with Crippen LogP contribution in [0.25, 0.3) is 0 Å². The predicted molar refractivity (Wildman–Crippen MR) is 72.8 cm³/mol. The van der Waals surface area contributed by atoms with Gasteiger partial charge in [0, 0.05) is 25.3 Å². The third-order valence-corrected chi connectivity index (χ3v) is 2.70. The van der Waals surface area contributed by atoms with Gasteiger partial charge < -0.3 is 14.8 Å². The van der Waals surface area contributed by atoms with Crippen LogP contribution in [-0.4, -0.2) is 44.3 Å². The van der Waals surface area contributed by atoms with Crippen LogP contribution in [0.4, 0.5) is 10.1 Å². The minimum Gasteiger partial charge on any atom is -0.382 e. The van der Waals surface area contributed by atoms with Gasteiger partial charge in [0.2, 0.25) is 5.82 Å². The number of aryl methyl sites for hydroxylation is 1. The predicted octanol–water partition coefficient (Wildman–Crippen LogP) is 1.44. The van der Waals surface area contributed by atoms with E-state index in [1.165, 1.54) is 6.92 Å². The maximum Gasteiger partial charge on any atom is 0.305 e. The second-order valence-corrected chi connectivity index (χ2v) is 4.24. The van der Waals surface area contributed by atoms with Crippen molar-refractivity contribution >= 4 is 11.6 Å². The molecule has 0 unspecified atom stereocenters. The van der Waals surface area contributed by atoms with Crippen LogP contribution in [0, 0.1) is 22.9 Å². The molecule has 0 saturated heterocycles. The average Bonchev–Trinajstić information content (AvgIpc) is 2.42. The number of nitro groups is 1. The molecule has 7 nitrogen and oxygen atoms in total. The normalized spacial score (nSPS) is 10.4. The van der Waals surface area contributed by atoms with Crippen molar-refractivity contribution in [3.8, 4) is 0 Å². The number of nitro benzene ring substituents is 1. The molecule has 0 atom stereocenters. The van der Waals surface area contributed by atoms with E-state index in [-0.39, 0.29) is 18.7 Å². The lowest BCUT2D eigenvalue weighted by Crippen LogP contribution is -2.28. The van der Waals surface area contributed by atoms with Crippen molar-refractivity contribution in [3.05, 3.63) is 39.2 Å². The van der Waals surface area contributed by atoms with Crippen molar-refractivity contribution in [1.29, 1.82) is 0 Å². The van der Waals surface area contributed by atoms with E-state index < -0.39 is 22.3 Å². The van der Waals surface area contributed by atoms with Gasteiger partial charge in [0.05, 0.1) is 24.7 Å². The molecule has 0 bridgehead atoms. The fourth-order valence-electron chi connectivity index (χ4n) is 1.62. The minimum atomic E-state index is -0.961. The smallest absolute Gasteiger partial charge is 0.305 e. The van der Waals surface area contributed by atoms with E-state index in [1.54, 1.807) is 7.11 Å². The van der Waals surface area contributed by atoms with Crippen LogP contribution in [0.5, 0.6) is 0 Å². The average molecular weight is 300 g/mol. The molecular weight excluding hydrogens is 283 g/mol. The summed E-state index contributed by atoms with van der Waals surface area (Å²) in [5.74, 6) is -1.47. The summed E-state index contributed by atoms with van der Waals surface area (Å²) in [7, 11) is 1.55. The zero-order chi connectivity index (χ0) is 15.8. The molecule has 0 heterocycles. The van der Waals surface area contributed by atoms with Crippen molar-refractivity contribution in [2.45, 2.75) is 6.92 Å². The molecule has 1 N–H and O–H groups in total. The fourth-order valence-corrected chi connectivity index (χ4v) is 1.62. The summed E-state index contributed by atoms with van der Waals surface area (Å²) in [5, 5.41) is 13.2. The Morgan fingerprint density at radius 2 is 2.10 bits per heavy atom. The van der Waals surface area contributed by atoms with Gasteiger partial charge in [-0.1, -0.05) is 0 Å². The van der Waals surface area contributed by atoms with Crippen molar-refractivity contribution in [2.75, 3.05) is 33.5 Å². The Kier molecular flexibility index (Phi) is 6.70. The third-order valence-electron chi connectivity index (χ3n) is 2.70. The van der Waals surface area contributed by atoms with Crippen molar-refractivity contribution < 1.29 is 23.6 Å². The molecule has 0 saturated carbocycles. The van der Waals surface area contributed by atoms with E-state index in [2.05, 4.69) is 5.32 Å². The Labute approximate surface area is 121 Å². The van der Waals surface area contributed by atoms with Gasteiger partial charge in [-0.3, -0.25) is 14.9 Å². The molecule has 116 valence electrons. The van der Waals surface area contributed by atoms with Crippen LogP contribution in [0.3, 0.4) is 0 Å². The fraction of sp³-hybridized carbons (Fsp3) is 0.462. The monoisotopic (exact) mass is 300 g/mol. The molecule has 0 radical (unpaired) electrons. The van der Waals surface area contributed by atoms with Crippen LogP contribution in [0.1, 0.15) is 15.9 Å². The van der Waals surface area contributed by atoms with Crippen LogP contribution in [-0.2, 0) is 9.47 Å². The van der Waals surface area contributed by atoms with Gasteiger partial charge in [0.15, 0.2) is 0 Å². The second kappa shape index (κ2) is 8.28.